The molecule has 0 aliphatic carbocycles. The van der Waals surface area contributed by atoms with Crippen molar-refractivity contribution in [3.05, 3.63) is 77.2 Å². The Morgan fingerprint density at radius 1 is 1.10 bits per heavy atom. The van der Waals surface area contributed by atoms with Gasteiger partial charge in [0.1, 0.15) is 0 Å². The molecule has 31 heavy (non-hydrogen) atoms. The summed E-state index contributed by atoms with van der Waals surface area (Å²) in [6.07, 6.45) is 0.191. The molecule has 1 aromatic carbocycles. The summed E-state index contributed by atoms with van der Waals surface area (Å²) in [7, 11) is 0. The van der Waals surface area contributed by atoms with Gasteiger partial charge in [-0.3, -0.25) is 10.1 Å². The zero-order valence-electron chi connectivity index (χ0n) is 17.5. The molecular formula is C22H23N5O4. The number of esters is 1. The molecule has 0 bridgehead atoms. The number of carbonyl (C=O) groups is 3. The average molecular weight is 421 g/mol. The number of hydrogen-bond acceptors (Lipinski definition) is 6. The summed E-state index contributed by atoms with van der Waals surface area (Å²) in [6, 6.07) is 13.7. The summed E-state index contributed by atoms with van der Waals surface area (Å²) in [5.41, 5.74) is 2.84. The molecule has 0 spiro atoms. The summed E-state index contributed by atoms with van der Waals surface area (Å²) in [5, 5.41) is 9.06. The number of carbonyl (C=O) groups excluding carboxylic acids is 3. The fourth-order valence-electron chi connectivity index (χ4n) is 2.81. The van der Waals surface area contributed by atoms with Crippen LogP contribution in [0.5, 0.6) is 0 Å². The number of ether oxygens (including phenoxy) is 1. The van der Waals surface area contributed by atoms with E-state index in [2.05, 4.69) is 20.7 Å². The van der Waals surface area contributed by atoms with Crippen LogP contribution < -0.4 is 10.6 Å². The van der Waals surface area contributed by atoms with Gasteiger partial charge in [0, 0.05) is 18.4 Å². The largest absolute Gasteiger partial charge is 0.449 e. The SMILES string of the molecule is Cc1cc(C)n(-c2ccc(C(=O)OC(C)C(=O)NC(=O)NCc3ccccc3)cn2)n1. The minimum Gasteiger partial charge on any atom is -0.449 e. The molecule has 2 aromatic heterocycles. The Balaban J connectivity index is 1.51. The lowest BCUT2D eigenvalue weighted by Crippen LogP contribution is -2.44. The summed E-state index contributed by atoms with van der Waals surface area (Å²) in [5.74, 6) is -0.895. The molecule has 9 heteroatoms. The molecule has 3 rings (SSSR count). The van der Waals surface area contributed by atoms with Gasteiger partial charge in [0.2, 0.25) is 0 Å². The molecule has 9 nitrogen and oxygen atoms in total. The number of aryl methyl sites for hydroxylation is 2. The van der Waals surface area contributed by atoms with Crippen molar-refractivity contribution in [2.45, 2.75) is 33.4 Å². The van der Waals surface area contributed by atoms with Crippen molar-refractivity contribution in [1.82, 2.24) is 25.4 Å². The van der Waals surface area contributed by atoms with E-state index in [4.69, 9.17) is 4.74 Å². The van der Waals surface area contributed by atoms with Crippen molar-refractivity contribution in [2.24, 2.45) is 0 Å². The normalized spacial score (nSPS) is 11.5. The highest BCUT2D eigenvalue weighted by molar-refractivity contribution is 5.98. The van der Waals surface area contributed by atoms with Gasteiger partial charge in [-0.05, 0) is 44.5 Å². The van der Waals surface area contributed by atoms with Gasteiger partial charge in [0.05, 0.1) is 11.3 Å². The van der Waals surface area contributed by atoms with Gasteiger partial charge in [-0.1, -0.05) is 30.3 Å². The van der Waals surface area contributed by atoms with Crippen molar-refractivity contribution in [3.63, 3.8) is 0 Å². The van der Waals surface area contributed by atoms with Gasteiger partial charge in [-0.25, -0.2) is 19.3 Å². The first kappa shape index (κ1) is 21.7. The van der Waals surface area contributed by atoms with Crippen molar-refractivity contribution >= 4 is 17.9 Å². The quantitative estimate of drug-likeness (QED) is 0.591. The Kier molecular flexibility index (Phi) is 6.76. The molecule has 0 aliphatic rings. The number of benzene rings is 1. The third kappa shape index (κ3) is 5.75. The van der Waals surface area contributed by atoms with Crippen LogP contribution in [0.2, 0.25) is 0 Å². The fourth-order valence-corrected chi connectivity index (χ4v) is 2.81. The molecule has 3 aromatic rings. The zero-order chi connectivity index (χ0) is 22.4. The Labute approximate surface area is 179 Å². The minimum atomic E-state index is -1.16. The van der Waals surface area contributed by atoms with E-state index in [1.54, 1.807) is 10.7 Å². The molecule has 160 valence electrons. The summed E-state index contributed by atoms with van der Waals surface area (Å²) >= 11 is 0. The van der Waals surface area contributed by atoms with Crippen LogP contribution in [0.4, 0.5) is 4.79 Å². The van der Waals surface area contributed by atoms with Gasteiger partial charge >= 0.3 is 12.0 Å². The van der Waals surface area contributed by atoms with Crippen LogP contribution in [-0.4, -0.2) is 38.8 Å². The van der Waals surface area contributed by atoms with E-state index in [1.807, 2.05) is 50.2 Å². The minimum absolute atomic E-state index is 0.179. The van der Waals surface area contributed by atoms with Gasteiger partial charge in [-0.2, -0.15) is 5.10 Å². The van der Waals surface area contributed by atoms with Gasteiger partial charge < -0.3 is 10.1 Å². The van der Waals surface area contributed by atoms with E-state index in [1.165, 1.54) is 19.2 Å². The average Bonchev–Trinajstić information content (AvgIpc) is 3.10. The maximum absolute atomic E-state index is 12.3. The molecule has 0 fully saturated rings. The smallest absolute Gasteiger partial charge is 0.340 e. The predicted octanol–water partition coefficient (Wildman–Crippen LogP) is 2.46. The van der Waals surface area contributed by atoms with Crippen LogP contribution in [0, 0.1) is 13.8 Å². The number of hydrogen-bond donors (Lipinski definition) is 2. The van der Waals surface area contributed by atoms with Crippen LogP contribution in [0.3, 0.4) is 0 Å². The second-order valence-electron chi connectivity index (χ2n) is 6.95. The number of amides is 3. The summed E-state index contributed by atoms with van der Waals surface area (Å²) in [6.45, 7) is 5.43. The van der Waals surface area contributed by atoms with E-state index in [9.17, 15) is 14.4 Å². The van der Waals surface area contributed by atoms with Crippen molar-refractivity contribution < 1.29 is 19.1 Å². The molecule has 0 radical (unpaired) electrons. The van der Waals surface area contributed by atoms with Crippen LogP contribution in [0.25, 0.3) is 5.82 Å². The highest BCUT2D eigenvalue weighted by Gasteiger charge is 2.21. The van der Waals surface area contributed by atoms with Crippen LogP contribution in [0.1, 0.15) is 34.2 Å². The predicted molar refractivity (Wildman–Crippen MR) is 113 cm³/mol. The van der Waals surface area contributed by atoms with Gasteiger partial charge in [0.25, 0.3) is 5.91 Å². The van der Waals surface area contributed by atoms with Gasteiger partial charge in [0.15, 0.2) is 11.9 Å². The Bertz CT molecular complexity index is 1080. The lowest BCUT2D eigenvalue weighted by Gasteiger charge is -2.13. The zero-order valence-corrected chi connectivity index (χ0v) is 17.5. The Morgan fingerprint density at radius 3 is 2.45 bits per heavy atom. The van der Waals surface area contributed by atoms with E-state index in [-0.39, 0.29) is 12.1 Å². The first-order chi connectivity index (χ1) is 14.8. The third-order valence-corrected chi connectivity index (χ3v) is 4.40. The van der Waals surface area contributed by atoms with E-state index >= 15 is 0 Å². The number of rotatable bonds is 6. The monoisotopic (exact) mass is 421 g/mol. The van der Waals surface area contributed by atoms with Crippen LogP contribution in [-0.2, 0) is 16.1 Å². The molecule has 3 amide bonds. The fraction of sp³-hybridized carbons (Fsp3) is 0.227. The van der Waals surface area contributed by atoms with Crippen molar-refractivity contribution in [2.75, 3.05) is 0 Å². The Morgan fingerprint density at radius 2 is 1.84 bits per heavy atom. The number of nitrogens with one attached hydrogen (secondary N) is 2. The second kappa shape index (κ2) is 9.66. The molecule has 1 atom stereocenters. The van der Waals surface area contributed by atoms with Crippen molar-refractivity contribution in [1.29, 1.82) is 0 Å². The standard InChI is InChI=1S/C22H23N5O4/c1-14-11-15(2)27(26-14)19-10-9-18(13-23-19)21(29)31-16(3)20(28)25-22(30)24-12-17-7-5-4-6-8-17/h4-11,13,16H,12H2,1-3H3,(H2,24,25,28,30). The lowest BCUT2D eigenvalue weighted by atomic mass is 10.2. The third-order valence-electron chi connectivity index (χ3n) is 4.40. The van der Waals surface area contributed by atoms with Crippen LogP contribution >= 0.6 is 0 Å². The molecule has 2 heterocycles. The lowest BCUT2D eigenvalue weighted by molar-refractivity contribution is -0.127. The van der Waals surface area contributed by atoms with E-state index in [0.29, 0.717) is 5.82 Å². The number of imide groups is 1. The highest BCUT2D eigenvalue weighted by atomic mass is 16.5. The maximum atomic E-state index is 12.3. The number of urea groups is 1. The van der Waals surface area contributed by atoms with Crippen LogP contribution in [0.15, 0.2) is 54.7 Å². The first-order valence-electron chi connectivity index (χ1n) is 9.67. The van der Waals surface area contributed by atoms with E-state index < -0.39 is 24.0 Å². The molecule has 2 N–H and O–H groups in total. The molecule has 0 saturated carbocycles. The van der Waals surface area contributed by atoms with Crippen molar-refractivity contribution in [3.8, 4) is 5.82 Å². The molecule has 0 aliphatic heterocycles. The number of nitrogens with zero attached hydrogens (tertiary/aromatic N) is 3. The first-order valence-corrected chi connectivity index (χ1v) is 9.67. The molecule has 0 saturated heterocycles. The Hall–Kier alpha value is -4.01. The topological polar surface area (TPSA) is 115 Å². The maximum Gasteiger partial charge on any atom is 0.340 e. The molecular weight excluding hydrogens is 398 g/mol. The summed E-state index contributed by atoms with van der Waals surface area (Å²) < 4.78 is 6.80. The second-order valence-corrected chi connectivity index (χ2v) is 6.95. The van der Waals surface area contributed by atoms with E-state index in [0.717, 1.165) is 17.0 Å². The van der Waals surface area contributed by atoms with Gasteiger partial charge in [-0.15, -0.1) is 0 Å². The number of aromatic nitrogens is 3. The number of pyridine rings is 1. The highest BCUT2D eigenvalue weighted by Crippen LogP contribution is 2.11. The summed E-state index contributed by atoms with van der Waals surface area (Å²) in [4.78, 5) is 40.6. The molecule has 1 unspecified atom stereocenters.